The molecule has 0 bridgehead atoms. The van der Waals surface area contributed by atoms with E-state index < -0.39 is 0 Å². The quantitative estimate of drug-likeness (QED) is 0.450. The number of halogens is 1. The molecule has 2 heterocycles. The molecule has 33 heavy (non-hydrogen) atoms. The predicted octanol–water partition coefficient (Wildman–Crippen LogP) is 3.67. The fourth-order valence-corrected chi connectivity index (χ4v) is 4.57. The van der Waals surface area contributed by atoms with E-state index in [4.69, 9.17) is 0 Å². The number of hydrogen-bond donors (Lipinski definition) is 2. The first-order valence-corrected chi connectivity index (χ1v) is 10.8. The molecule has 0 saturated carbocycles. The lowest BCUT2D eigenvalue weighted by atomic mass is 9.98. The van der Waals surface area contributed by atoms with E-state index in [1.165, 1.54) is 0 Å². The molecule has 2 aromatic heterocycles. The molecule has 2 aromatic carbocycles. The van der Waals surface area contributed by atoms with E-state index in [1.54, 1.807) is 12.3 Å². The number of phenols is 1. The number of benzene rings is 2. The van der Waals surface area contributed by atoms with Crippen molar-refractivity contribution in [2.24, 2.45) is 7.05 Å². The Morgan fingerprint density at radius 3 is 2.48 bits per heavy atom. The highest BCUT2D eigenvalue weighted by molar-refractivity contribution is 6.18. The van der Waals surface area contributed by atoms with Crippen LogP contribution in [0.1, 0.15) is 21.6 Å². The van der Waals surface area contributed by atoms with Gasteiger partial charge < -0.3 is 24.8 Å². The van der Waals surface area contributed by atoms with Gasteiger partial charge in [-0.2, -0.15) is 0 Å². The maximum atomic E-state index is 13.0. The predicted molar refractivity (Wildman–Crippen MR) is 138 cm³/mol. The molecule has 7 nitrogen and oxygen atoms in total. The van der Waals surface area contributed by atoms with Crippen LogP contribution in [0, 0.1) is 6.92 Å². The minimum atomic E-state index is -0.173. The summed E-state index contributed by atoms with van der Waals surface area (Å²) in [6, 6.07) is 7.75. The SMILES string of the molecule is Cc1c2ccnc(C(=O)NCCN(C)C)c2cc2c3c(CN(C)C)c(O)ccc3n(C)c12.Cl. The Hall–Kier alpha value is -2.87. The van der Waals surface area contributed by atoms with Crippen LogP contribution in [0.15, 0.2) is 30.5 Å². The Bertz CT molecular complexity index is 1340. The monoisotopic (exact) mass is 469 g/mol. The van der Waals surface area contributed by atoms with E-state index in [0.717, 1.165) is 50.2 Å². The van der Waals surface area contributed by atoms with E-state index in [-0.39, 0.29) is 24.1 Å². The summed E-state index contributed by atoms with van der Waals surface area (Å²) < 4.78 is 2.18. The fourth-order valence-electron chi connectivity index (χ4n) is 4.57. The number of aryl methyl sites for hydroxylation is 2. The summed E-state index contributed by atoms with van der Waals surface area (Å²) in [6.45, 7) is 4.02. The third kappa shape index (κ3) is 4.36. The summed E-state index contributed by atoms with van der Waals surface area (Å²) in [7, 11) is 9.98. The molecule has 0 aliphatic rings. The van der Waals surface area contributed by atoms with Gasteiger partial charge in [-0.05, 0) is 70.3 Å². The van der Waals surface area contributed by atoms with E-state index in [2.05, 4.69) is 34.9 Å². The summed E-state index contributed by atoms with van der Waals surface area (Å²) in [5, 5.41) is 17.5. The van der Waals surface area contributed by atoms with Crippen molar-refractivity contribution < 1.29 is 9.90 Å². The molecule has 176 valence electrons. The molecular weight excluding hydrogens is 438 g/mol. The highest BCUT2D eigenvalue weighted by atomic mass is 35.5. The lowest BCUT2D eigenvalue weighted by Gasteiger charge is -2.14. The number of carbonyl (C=O) groups excluding carboxylic acids is 1. The van der Waals surface area contributed by atoms with Crippen LogP contribution in [0.2, 0.25) is 0 Å². The number of fused-ring (bicyclic) bond motifs is 4. The van der Waals surface area contributed by atoms with Gasteiger partial charge in [0.05, 0.1) is 5.52 Å². The Kier molecular flexibility index (Phi) is 7.17. The minimum absolute atomic E-state index is 0. The number of rotatable bonds is 6. The van der Waals surface area contributed by atoms with E-state index in [1.807, 2.05) is 50.1 Å². The van der Waals surface area contributed by atoms with Gasteiger partial charge >= 0.3 is 0 Å². The van der Waals surface area contributed by atoms with Gasteiger partial charge in [0.25, 0.3) is 5.91 Å². The number of likely N-dealkylation sites (N-methyl/N-ethyl adjacent to an activating group) is 1. The van der Waals surface area contributed by atoms with Gasteiger partial charge in [-0.3, -0.25) is 9.78 Å². The number of pyridine rings is 1. The van der Waals surface area contributed by atoms with Crippen molar-refractivity contribution in [2.75, 3.05) is 41.3 Å². The maximum absolute atomic E-state index is 13.0. The number of nitrogens with zero attached hydrogens (tertiary/aromatic N) is 4. The van der Waals surface area contributed by atoms with Crippen LogP contribution in [0.25, 0.3) is 32.6 Å². The van der Waals surface area contributed by atoms with Crippen LogP contribution >= 0.6 is 12.4 Å². The number of amides is 1. The minimum Gasteiger partial charge on any atom is -0.508 e. The highest BCUT2D eigenvalue weighted by Crippen LogP contribution is 2.39. The van der Waals surface area contributed by atoms with E-state index >= 15 is 0 Å². The van der Waals surface area contributed by atoms with E-state index in [0.29, 0.717) is 18.8 Å². The Labute approximate surface area is 200 Å². The Balaban J connectivity index is 0.00000306. The molecule has 0 saturated heterocycles. The first-order valence-electron chi connectivity index (χ1n) is 10.8. The lowest BCUT2D eigenvalue weighted by Crippen LogP contribution is -2.31. The van der Waals surface area contributed by atoms with Crippen LogP contribution in [0.3, 0.4) is 0 Å². The molecule has 8 heteroatoms. The molecule has 0 atom stereocenters. The smallest absolute Gasteiger partial charge is 0.270 e. The summed E-state index contributed by atoms with van der Waals surface area (Å²) in [6.07, 6.45) is 1.70. The van der Waals surface area contributed by atoms with Gasteiger partial charge in [-0.15, -0.1) is 12.4 Å². The molecule has 4 aromatic rings. The Morgan fingerprint density at radius 2 is 1.82 bits per heavy atom. The van der Waals surface area contributed by atoms with Gasteiger partial charge in [0.15, 0.2) is 0 Å². The molecule has 0 aliphatic carbocycles. The van der Waals surface area contributed by atoms with Crippen molar-refractivity contribution in [2.45, 2.75) is 13.5 Å². The number of aromatic hydroxyl groups is 1. The third-order valence-corrected chi connectivity index (χ3v) is 6.06. The summed E-state index contributed by atoms with van der Waals surface area (Å²) in [4.78, 5) is 21.5. The van der Waals surface area contributed by atoms with Crippen molar-refractivity contribution in [1.29, 1.82) is 0 Å². The molecule has 0 radical (unpaired) electrons. The standard InChI is InChI=1S/C25H31N5O2.ClH/c1-15-16-9-10-26-23(25(32)27-11-12-28(2)3)17(16)13-18-22-19(14-29(4)5)21(31)8-7-20(22)30(6)24(15)18;/h7-10,13,31H,11-12,14H2,1-6H3,(H,27,32);1H. The van der Waals surface area contributed by atoms with Crippen LogP contribution < -0.4 is 5.32 Å². The summed E-state index contributed by atoms with van der Waals surface area (Å²) >= 11 is 0. The topological polar surface area (TPSA) is 73.6 Å². The van der Waals surface area contributed by atoms with Gasteiger partial charge in [-0.25, -0.2) is 0 Å². The zero-order chi connectivity index (χ0) is 23.2. The second-order valence-corrected chi connectivity index (χ2v) is 8.97. The van der Waals surface area contributed by atoms with Crippen LogP contribution in [0.5, 0.6) is 5.75 Å². The van der Waals surface area contributed by atoms with Crippen molar-refractivity contribution in [3.8, 4) is 5.75 Å². The summed E-state index contributed by atoms with van der Waals surface area (Å²) in [5.41, 5.74) is 4.56. The molecule has 0 unspecified atom stereocenters. The highest BCUT2D eigenvalue weighted by Gasteiger charge is 2.21. The maximum Gasteiger partial charge on any atom is 0.270 e. The molecular formula is C25H32ClN5O2. The zero-order valence-electron chi connectivity index (χ0n) is 20.1. The normalized spacial score (nSPS) is 11.6. The van der Waals surface area contributed by atoms with Gasteiger partial charge in [0.2, 0.25) is 0 Å². The van der Waals surface area contributed by atoms with Crippen LogP contribution in [-0.4, -0.2) is 71.6 Å². The molecule has 0 fully saturated rings. The molecule has 2 N–H and O–H groups in total. The lowest BCUT2D eigenvalue weighted by molar-refractivity contribution is 0.0948. The largest absolute Gasteiger partial charge is 0.508 e. The van der Waals surface area contributed by atoms with Crippen LogP contribution in [-0.2, 0) is 13.6 Å². The molecule has 0 aliphatic heterocycles. The van der Waals surface area contributed by atoms with Crippen molar-refractivity contribution in [3.05, 3.63) is 47.3 Å². The number of hydrogen-bond acceptors (Lipinski definition) is 5. The molecule has 4 rings (SSSR count). The van der Waals surface area contributed by atoms with Crippen molar-refractivity contribution in [1.82, 2.24) is 24.7 Å². The van der Waals surface area contributed by atoms with Gasteiger partial charge in [0, 0.05) is 60.1 Å². The van der Waals surface area contributed by atoms with Crippen molar-refractivity contribution in [3.63, 3.8) is 0 Å². The number of phenolic OH excluding ortho intramolecular Hbond substituents is 1. The zero-order valence-corrected chi connectivity index (χ0v) is 20.9. The van der Waals surface area contributed by atoms with Gasteiger partial charge in [0.1, 0.15) is 11.4 Å². The van der Waals surface area contributed by atoms with Gasteiger partial charge in [-0.1, -0.05) is 0 Å². The fraction of sp³-hybridized carbons (Fsp3) is 0.360. The first-order chi connectivity index (χ1) is 15.2. The number of carbonyl (C=O) groups is 1. The van der Waals surface area contributed by atoms with Crippen molar-refractivity contribution >= 4 is 50.9 Å². The third-order valence-electron chi connectivity index (χ3n) is 6.06. The Morgan fingerprint density at radius 1 is 1.09 bits per heavy atom. The number of aromatic nitrogens is 2. The second kappa shape index (κ2) is 9.55. The average Bonchev–Trinajstić information content (AvgIpc) is 3.01. The first kappa shape index (κ1) is 24.8. The molecule has 1 amide bonds. The molecule has 0 spiro atoms. The van der Waals surface area contributed by atoms with Crippen LogP contribution in [0.4, 0.5) is 0 Å². The van der Waals surface area contributed by atoms with E-state index in [9.17, 15) is 9.90 Å². The average molecular weight is 470 g/mol. The second-order valence-electron chi connectivity index (χ2n) is 8.97. The number of nitrogens with one attached hydrogen (secondary N) is 1. The summed E-state index contributed by atoms with van der Waals surface area (Å²) in [5.74, 6) is 0.108.